The van der Waals surface area contributed by atoms with Crippen molar-refractivity contribution in [1.82, 2.24) is 9.80 Å². The molecular weight excluding hydrogens is 370 g/mol. The second-order valence-corrected chi connectivity index (χ2v) is 7.21. The first-order chi connectivity index (χ1) is 12.6. The summed E-state index contributed by atoms with van der Waals surface area (Å²) in [6.07, 6.45) is 4.18. The summed E-state index contributed by atoms with van der Waals surface area (Å²) in [5.41, 5.74) is 1.69. The van der Waals surface area contributed by atoms with Gasteiger partial charge in [-0.05, 0) is 53.1 Å². The molecule has 0 unspecified atom stereocenters. The number of carbonyl (C=O) groups is 2. The van der Waals surface area contributed by atoms with Crippen LogP contribution in [0.25, 0.3) is 6.08 Å². The Morgan fingerprint density at radius 1 is 1.12 bits per heavy atom. The number of hydrogen-bond acceptors (Lipinski definition) is 3. The Balaban J connectivity index is 1.54. The molecule has 1 fully saturated rings. The lowest BCUT2D eigenvalue weighted by Crippen LogP contribution is -2.39. The van der Waals surface area contributed by atoms with Gasteiger partial charge in [0, 0.05) is 43.0 Å². The topological polar surface area (TPSA) is 52.7 Å². The van der Waals surface area contributed by atoms with Gasteiger partial charge in [-0.25, -0.2) is 4.79 Å². The van der Waals surface area contributed by atoms with Crippen molar-refractivity contribution in [3.8, 4) is 0 Å². The monoisotopic (exact) mass is 389 g/mol. The van der Waals surface area contributed by atoms with Gasteiger partial charge in [0.05, 0.1) is 0 Å². The second-order valence-electron chi connectivity index (χ2n) is 6.00. The zero-order valence-electron chi connectivity index (χ0n) is 14.2. The molecule has 0 saturated carbocycles. The van der Waals surface area contributed by atoms with E-state index in [1.807, 2.05) is 22.9 Å². The molecule has 136 valence electrons. The minimum absolute atomic E-state index is 0.0201. The summed E-state index contributed by atoms with van der Waals surface area (Å²) < 4.78 is 0. The highest BCUT2D eigenvalue weighted by molar-refractivity contribution is 7.08. The summed E-state index contributed by atoms with van der Waals surface area (Å²) in [5.74, 6) is -0.0201. The normalized spacial score (nSPS) is 15.1. The van der Waals surface area contributed by atoms with Crippen molar-refractivity contribution < 1.29 is 9.59 Å². The van der Waals surface area contributed by atoms with E-state index in [0.29, 0.717) is 36.9 Å². The molecule has 1 aromatic heterocycles. The summed E-state index contributed by atoms with van der Waals surface area (Å²) in [5, 5.41) is 7.40. The number of benzene rings is 1. The number of urea groups is 1. The van der Waals surface area contributed by atoms with Gasteiger partial charge in [-0.1, -0.05) is 17.7 Å². The van der Waals surface area contributed by atoms with E-state index in [1.54, 1.807) is 51.5 Å². The Hall–Kier alpha value is -2.31. The molecule has 1 N–H and O–H groups in total. The van der Waals surface area contributed by atoms with Gasteiger partial charge in [-0.15, -0.1) is 0 Å². The van der Waals surface area contributed by atoms with E-state index in [1.165, 1.54) is 0 Å². The van der Waals surface area contributed by atoms with Crippen LogP contribution in [0.15, 0.2) is 47.2 Å². The predicted molar refractivity (Wildman–Crippen MR) is 107 cm³/mol. The number of carbonyl (C=O) groups excluding carboxylic acids is 2. The Morgan fingerprint density at radius 3 is 2.69 bits per heavy atom. The number of hydrogen-bond donors (Lipinski definition) is 1. The molecule has 1 aromatic carbocycles. The van der Waals surface area contributed by atoms with Gasteiger partial charge in [0.1, 0.15) is 0 Å². The Kier molecular flexibility index (Phi) is 6.30. The van der Waals surface area contributed by atoms with Crippen molar-refractivity contribution in [2.45, 2.75) is 6.42 Å². The molecule has 7 heteroatoms. The van der Waals surface area contributed by atoms with Crippen LogP contribution in [0.3, 0.4) is 0 Å². The lowest BCUT2D eigenvalue weighted by atomic mass is 10.3. The number of rotatable bonds is 3. The second kappa shape index (κ2) is 8.87. The largest absolute Gasteiger partial charge is 0.337 e. The van der Waals surface area contributed by atoms with Crippen molar-refractivity contribution in [3.63, 3.8) is 0 Å². The van der Waals surface area contributed by atoms with E-state index >= 15 is 0 Å². The van der Waals surface area contributed by atoms with Crippen LogP contribution >= 0.6 is 22.9 Å². The van der Waals surface area contributed by atoms with Crippen molar-refractivity contribution in [1.29, 1.82) is 0 Å². The zero-order chi connectivity index (χ0) is 18.4. The fraction of sp³-hybridized carbons (Fsp3) is 0.263. The first-order valence-electron chi connectivity index (χ1n) is 8.42. The Bertz CT molecular complexity index is 792. The fourth-order valence-electron chi connectivity index (χ4n) is 2.75. The molecule has 0 bridgehead atoms. The minimum Gasteiger partial charge on any atom is -0.337 e. The molecule has 2 aromatic rings. The van der Waals surface area contributed by atoms with Gasteiger partial charge < -0.3 is 15.1 Å². The number of amides is 3. The van der Waals surface area contributed by atoms with Crippen molar-refractivity contribution in [3.05, 3.63) is 57.8 Å². The highest BCUT2D eigenvalue weighted by Crippen LogP contribution is 2.16. The maximum atomic E-state index is 12.4. The number of halogens is 1. The summed E-state index contributed by atoms with van der Waals surface area (Å²) in [4.78, 5) is 28.3. The third-order valence-corrected chi connectivity index (χ3v) is 5.07. The SMILES string of the molecule is O=C(/C=C/c1ccsc1)N1CCCN(C(=O)Nc2cccc(Cl)c2)CC1. The van der Waals surface area contributed by atoms with Gasteiger partial charge in [0.25, 0.3) is 0 Å². The maximum absolute atomic E-state index is 12.4. The van der Waals surface area contributed by atoms with E-state index < -0.39 is 0 Å². The van der Waals surface area contributed by atoms with Crippen LogP contribution in [0.1, 0.15) is 12.0 Å². The van der Waals surface area contributed by atoms with E-state index in [-0.39, 0.29) is 11.9 Å². The molecule has 0 radical (unpaired) electrons. The van der Waals surface area contributed by atoms with Gasteiger partial charge in [0.15, 0.2) is 0 Å². The number of thiophene rings is 1. The van der Waals surface area contributed by atoms with Crippen molar-refractivity contribution in [2.24, 2.45) is 0 Å². The third-order valence-electron chi connectivity index (χ3n) is 4.13. The molecule has 1 aliphatic rings. The van der Waals surface area contributed by atoms with Crippen LogP contribution < -0.4 is 5.32 Å². The molecule has 3 amide bonds. The molecule has 1 aliphatic heterocycles. The first kappa shape index (κ1) is 18.5. The fourth-order valence-corrected chi connectivity index (χ4v) is 3.57. The lowest BCUT2D eigenvalue weighted by molar-refractivity contribution is -0.125. The maximum Gasteiger partial charge on any atom is 0.321 e. The van der Waals surface area contributed by atoms with Gasteiger partial charge in [0.2, 0.25) is 5.91 Å². The molecular formula is C19H20ClN3O2S. The molecule has 1 saturated heterocycles. The van der Waals surface area contributed by atoms with E-state index in [4.69, 9.17) is 11.6 Å². The van der Waals surface area contributed by atoms with E-state index in [2.05, 4.69) is 5.32 Å². The summed E-state index contributed by atoms with van der Waals surface area (Å²) in [6.45, 7) is 2.29. The molecule has 0 atom stereocenters. The van der Waals surface area contributed by atoms with E-state index in [9.17, 15) is 9.59 Å². The average Bonchev–Trinajstić information content (AvgIpc) is 3.02. The molecule has 3 rings (SSSR count). The van der Waals surface area contributed by atoms with Gasteiger partial charge >= 0.3 is 6.03 Å². The summed E-state index contributed by atoms with van der Waals surface area (Å²) in [6, 6.07) is 8.86. The minimum atomic E-state index is -0.171. The quantitative estimate of drug-likeness (QED) is 0.800. The standard InChI is InChI=1S/C19H20ClN3O2S/c20-16-3-1-4-17(13-16)21-19(25)23-9-2-8-22(10-11-23)18(24)6-5-15-7-12-26-14-15/h1,3-7,12-14H,2,8-11H2,(H,21,25)/b6-5+. The highest BCUT2D eigenvalue weighted by atomic mass is 35.5. The van der Waals surface area contributed by atoms with Crippen LogP contribution in [0.5, 0.6) is 0 Å². The predicted octanol–water partition coefficient (Wildman–Crippen LogP) is 4.18. The Morgan fingerprint density at radius 2 is 1.92 bits per heavy atom. The van der Waals surface area contributed by atoms with Gasteiger partial charge in [-0.2, -0.15) is 11.3 Å². The number of nitrogens with zero attached hydrogens (tertiary/aromatic N) is 2. The van der Waals surface area contributed by atoms with Crippen LogP contribution in [-0.2, 0) is 4.79 Å². The molecule has 0 spiro atoms. The number of nitrogens with one attached hydrogen (secondary N) is 1. The van der Waals surface area contributed by atoms with Crippen LogP contribution in [-0.4, -0.2) is 47.9 Å². The van der Waals surface area contributed by atoms with E-state index in [0.717, 1.165) is 12.0 Å². The summed E-state index contributed by atoms with van der Waals surface area (Å²) in [7, 11) is 0. The molecule has 2 heterocycles. The highest BCUT2D eigenvalue weighted by Gasteiger charge is 2.21. The third kappa shape index (κ3) is 5.09. The van der Waals surface area contributed by atoms with Crippen molar-refractivity contribution >= 4 is 46.6 Å². The van der Waals surface area contributed by atoms with Gasteiger partial charge in [-0.3, -0.25) is 4.79 Å². The van der Waals surface area contributed by atoms with Crippen LogP contribution in [0.2, 0.25) is 5.02 Å². The molecule has 26 heavy (non-hydrogen) atoms. The Labute approximate surface area is 161 Å². The first-order valence-corrected chi connectivity index (χ1v) is 9.74. The number of anilines is 1. The average molecular weight is 390 g/mol. The zero-order valence-corrected chi connectivity index (χ0v) is 15.8. The smallest absolute Gasteiger partial charge is 0.321 e. The molecule has 5 nitrogen and oxygen atoms in total. The van der Waals surface area contributed by atoms with Crippen molar-refractivity contribution in [2.75, 3.05) is 31.5 Å². The van der Waals surface area contributed by atoms with Crippen LogP contribution in [0, 0.1) is 0 Å². The molecule has 0 aliphatic carbocycles. The summed E-state index contributed by atoms with van der Waals surface area (Å²) >= 11 is 7.55. The van der Waals surface area contributed by atoms with Crippen LogP contribution in [0.4, 0.5) is 10.5 Å². The lowest BCUT2D eigenvalue weighted by Gasteiger charge is -2.22.